The summed E-state index contributed by atoms with van der Waals surface area (Å²) < 4.78 is 39.6. The van der Waals surface area contributed by atoms with Gasteiger partial charge < -0.3 is 4.90 Å². The Labute approximate surface area is 120 Å². The van der Waals surface area contributed by atoms with Gasteiger partial charge in [0.15, 0.2) is 0 Å². The van der Waals surface area contributed by atoms with E-state index in [0.717, 1.165) is 25.0 Å². The molecule has 108 valence electrons. The highest BCUT2D eigenvalue weighted by molar-refractivity contribution is 5.67. The van der Waals surface area contributed by atoms with Crippen LogP contribution in [-0.4, -0.2) is 13.1 Å². The molecule has 0 atom stereocenters. The molecule has 1 aliphatic heterocycles. The van der Waals surface area contributed by atoms with Crippen LogP contribution in [0.1, 0.15) is 24.0 Å². The molecule has 21 heavy (non-hydrogen) atoms. The minimum absolute atomic E-state index is 0.160. The summed E-state index contributed by atoms with van der Waals surface area (Å²) >= 11 is 0. The van der Waals surface area contributed by atoms with Gasteiger partial charge in [-0.15, -0.1) is 0 Å². The fraction of sp³-hybridized carbons (Fsp3) is 0.333. The number of nitrogens with zero attached hydrogens (tertiary/aromatic N) is 3. The number of alkyl halides is 3. The van der Waals surface area contributed by atoms with E-state index in [1.165, 1.54) is 12.1 Å². The van der Waals surface area contributed by atoms with Crippen LogP contribution in [0.4, 0.5) is 18.9 Å². The number of rotatable bonds is 2. The molecule has 1 aromatic rings. The lowest BCUT2D eigenvalue weighted by molar-refractivity contribution is -0.137. The first-order valence-corrected chi connectivity index (χ1v) is 6.44. The van der Waals surface area contributed by atoms with Crippen LogP contribution < -0.4 is 4.90 Å². The average Bonchev–Trinajstić information content (AvgIpc) is 2.97. The Kier molecular flexibility index (Phi) is 4.18. The first kappa shape index (κ1) is 14.9. The van der Waals surface area contributed by atoms with Gasteiger partial charge in [-0.25, -0.2) is 0 Å². The SMILES string of the molecule is N#CC(C#N)=Cc1ccc(N2CCCC2)c(C(F)(F)F)c1. The van der Waals surface area contributed by atoms with Crippen LogP contribution in [0.25, 0.3) is 6.08 Å². The van der Waals surface area contributed by atoms with Gasteiger partial charge in [0.05, 0.1) is 5.56 Å². The topological polar surface area (TPSA) is 50.8 Å². The van der Waals surface area contributed by atoms with Crippen molar-refractivity contribution in [2.24, 2.45) is 0 Å². The smallest absolute Gasteiger partial charge is 0.371 e. The first-order chi connectivity index (χ1) is 9.95. The molecule has 0 N–H and O–H groups in total. The lowest BCUT2D eigenvalue weighted by Crippen LogP contribution is -2.22. The molecular weight excluding hydrogens is 279 g/mol. The third kappa shape index (κ3) is 3.35. The van der Waals surface area contributed by atoms with Crippen molar-refractivity contribution in [2.45, 2.75) is 19.0 Å². The van der Waals surface area contributed by atoms with Crippen LogP contribution in [0.3, 0.4) is 0 Å². The number of allylic oxidation sites excluding steroid dienone is 1. The molecule has 3 nitrogen and oxygen atoms in total. The van der Waals surface area contributed by atoms with Gasteiger partial charge in [-0.1, -0.05) is 6.07 Å². The molecule has 1 heterocycles. The van der Waals surface area contributed by atoms with Crippen LogP contribution in [0, 0.1) is 22.7 Å². The van der Waals surface area contributed by atoms with Crippen molar-refractivity contribution in [1.82, 2.24) is 0 Å². The van der Waals surface area contributed by atoms with Gasteiger partial charge in [0.1, 0.15) is 17.7 Å². The quantitative estimate of drug-likeness (QED) is 0.780. The van der Waals surface area contributed by atoms with E-state index in [9.17, 15) is 13.2 Å². The molecule has 0 bridgehead atoms. The summed E-state index contributed by atoms with van der Waals surface area (Å²) in [6.07, 6.45) is -1.55. The second-order valence-electron chi connectivity index (χ2n) is 4.75. The lowest BCUT2D eigenvalue weighted by Gasteiger charge is -2.23. The van der Waals surface area contributed by atoms with E-state index in [4.69, 9.17) is 10.5 Å². The van der Waals surface area contributed by atoms with E-state index in [0.29, 0.717) is 13.1 Å². The summed E-state index contributed by atoms with van der Waals surface area (Å²) in [6, 6.07) is 7.17. The number of halogens is 3. The normalized spacial score (nSPS) is 14.4. The van der Waals surface area contributed by atoms with Gasteiger partial charge >= 0.3 is 6.18 Å². The molecule has 6 heteroatoms. The molecule has 2 rings (SSSR count). The van der Waals surface area contributed by atoms with Crippen molar-refractivity contribution in [3.8, 4) is 12.1 Å². The lowest BCUT2D eigenvalue weighted by atomic mass is 10.1. The van der Waals surface area contributed by atoms with Gasteiger partial charge in [0.25, 0.3) is 0 Å². The minimum atomic E-state index is -4.47. The van der Waals surface area contributed by atoms with Crippen LogP contribution in [0.2, 0.25) is 0 Å². The van der Waals surface area contributed by atoms with Crippen LogP contribution in [0.15, 0.2) is 23.8 Å². The molecule has 0 saturated carbocycles. The van der Waals surface area contributed by atoms with Crippen LogP contribution >= 0.6 is 0 Å². The molecule has 0 aromatic heterocycles. The number of benzene rings is 1. The molecule has 1 aliphatic rings. The van der Waals surface area contributed by atoms with E-state index in [1.54, 1.807) is 17.0 Å². The largest absolute Gasteiger partial charge is 0.418 e. The predicted molar refractivity (Wildman–Crippen MR) is 72.1 cm³/mol. The molecule has 0 aliphatic carbocycles. The molecule has 1 aromatic carbocycles. The van der Waals surface area contributed by atoms with E-state index in [-0.39, 0.29) is 16.8 Å². The molecular formula is C15H12F3N3. The molecule has 1 fully saturated rings. The third-order valence-corrected chi connectivity index (χ3v) is 3.32. The van der Waals surface area contributed by atoms with Gasteiger partial charge in [-0.2, -0.15) is 23.7 Å². The van der Waals surface area contributed by atoms with E-state index >= 15 is 0 Å². The fourth-order valence-corrected chi connectivity index (χ4v) is 2.36. The number of nitriles is 2. The van der Waals surface area contributed by atoms with Gasteiger partial charge in [-0.05, 0) is 36.6 Å². The zero-order valence-corrected chi connectivity index (χ0v) is 11.1. The number of hydrogen-bond donors (Lipinski definition) is 0. The Morgan fingerprint density at radius 1 is 1.14 bits per heavy atom. The van der Waals surface area contributed by atoms with Crippen molar-refractivity contribution in [3.63, 3.8) is 0 Å². The zero-order valence-electron chi connectivity index (χ0n) is 11.1. The number of anilines is 1. The molecule has 0 radical (unpaired) electrons. The Balaban J connectivity index is 2.48. The Morgan fingerprint density at radius 2 is 1.76 bits per heavy atom. The summed E-state index contributed by atoms with van der Waals surface area (Å²) in [5.41, 5.74) is -0.596. The highest BCUT2D eigenvalue weighted by atomic mass is 19.4. The molecule has 0 unspecified atom stereocenters. The van der Waals surface area contributed by atoms with Crippen molar-refractivity contribution in [3.05, 3.63) is 34.9 Å². The van der Waals surface area contributed by atoms with Crippen LogP contribution in [-0.2, 0) is 6.18 Å². The van der Waals surface area contributed by atoms with Gasteiger partial charge in [-0.3, -0.25) is 0 Å². The zero-order chi connectivity index (χ0) is 15.5. The van der Waals surface area contributed by atoms with Crippen molar-refractivity contribution in [2.75, 3.05) is 18.0 Å². The maximum Gasteiger partial charge on any atom is 0.418 e. The first-order valence-electron chi connectivity index (χ1n) is 6.44. The Hall–Kier alpha value is -2.47. The summed E-state index contributed by atoms with van der Waals surface area (Å²) in [6.45, 7) is 1.22. The van der Waals surface area contributed by atoms with Crippen LogP contribution in [0.5, 0.6) is 0 Å². The molecule has 1 saturated heterocycles. The monoisotopic (exact) mass is 291 g/mol. The minimum Gasteiger partial charge on any atom is -0.371 e. The third-order valence-electron chi connectivity index (χ3n) is 3.32. The highest BCUT2D eigenvalue weighted by Crippen LogP contribution is 2.38. The van der Waals surface area contributed by atoms with Crippen molar-refractivity contribution < 1.29 is 13.2 Å². The standard InChI is InChI=1S/C15H12F3N3/c16-15(17,18)13-8-11(7-12(9-19)10-20)3-4-14(13)21-5-1-2-6-21/h3-4,7-8H,1-2,5-6H2. The molecule has 0 amide bonds. The number of hydrogen-bond acceptors (Lipinski definition) is 3. The predicted octanol–water partition coefficient (Wildman–Crippen LogP) is 3.74. The van der Waals surface area contributed by atoms with E-state index in [2.05, 4.69) is 0 Å². The maximum atomic E-state index is 13.2. The highest BCUT2D eigenvalue weighted by Gasteiger charge is 2.35. The van der Waals surface area contributed by atoms with E-state index in [1.807, 2.05) is 0 Å². The summed E-state index contributed by atoms with van der Waals surface area (Å²) in [5.74, 6) is 0. The van der Waals surface area contributed by atoms with Gasteiger partial charge in [0.2, 0.25) is 0 Å². The van der Waals surface area contributed by atoms with Gasteiger partial charge in [0, 0.05) is 18.8 Å². The Morgan fingerprint density at radius 3 is 2.29 bits per heavy atom. The van der Waals surface area contributed by atoms with Crippen molar-refractivity contribution >= 4 is 11.8 Å². The molecule has 0 spiro atoms. The summed E-state index contributed by atoms with van der Waals surface area (Å²) in [7, 11) is 0. The second-order valence-corrected chi connectivity index (χ2v) is 4.75. The fourth-order valence-electron chi connectivity index (χ4n) is 2.36. The second kappa shape index (κ2) is 5.88. The summed E-state index contributed by atoms with van der Waals surface area (Å²) in [5, 5.41) is 17.3. The van der Waals surface area contributed by atoms with Crippen molar-refractivity contribution in [1.29, 1.82) is 10.5 Å². The Bertz CT molecular complexity index is 626. The van der Waals surface area contributed by atoms with E-state index < -0.39 is 11.7 Å². The maximum absolute atomic E-state index is 13.2. The average molecular weight is 291 g/mol. The summed E-state index contributed by atoms with van der Waals surface area (Å²) in [4.78, 5) is 1.71.